The van der Waals surface area contributed by atoms with Crippen LogP contribution in [-0.4, -0.2) is 13.7 Å². The third-order valence-corrected chi connectivity index (χ3v) is 0.348. The Kier molecular flexibility index (Phi) is 15.0. The molecule has 0 aromatic heterocycles. The van der Waals surface area contributed by atoms with E-state index in [1.54, 1.807) is 7.11 Å². The van der Waals surface area contributed by atoms with E-state index >= 15 is 0 Å². The third-order valence-electron chi connectivity index (χ3n) is 0.348. The van der Waals surface area contributed by atoms with Crippen LogP contribution >= 0.6 is 0 Å². The molecule has 0 aliphatic rings. The minimum Gasteiger partial charge on any atom is -0.387 e. The first-order valence-electron chi connectivity index (χ1n) is 1.70. The van der Waals surface area contributed by atoms with Crippen molar-refractivity contribution in [3.63, 3.8) is 0 Å². The Morgan fingerprint density at radius 1 is 1.67 bits per heavy atom. The van der Waals surface area contributed by atoms with Crippen LogP contribution in [0.25, 0.3) is 0 Å². The second-order valence-electron chi connectivity index (χ2n) is 0.846. The maximum Gasteiger partial charge on any atom is 0.0353 e. The zero-order chi connectivity index (χ0) is 4.12. The molecule has 0 atom stereocenters. The first-order chi connectivity index (χ1) is 2.41. The van der Waals surface area contributed by atoms with Gasteiger partial charge in [-0.2, -0.15) is 6.42 Å². The van der Waals surface area contributed by atoms with Gasteiger partial charge in [-0.15, -0.1) is 0 Å². The molecule has 0 bridgehead atoms. The van der Waals surface area contributed by atoms with Crippen LogP contribution in [0, 0.1) is 6.92 Å². The van der Waals surface area contributed by atoms with Crippen LogP contribution in [0.4, 0.5) is 0 Å². The van der Waals surface area contributed by atoms with Crippen LogP contribution in [0.5, 0.6) is 0 Å². The molecule has 0 aromatic carbocycles. The van der Waals surface area contributed by atoms with Crippen molar-refractivity contribution in [2.45, 2.75) is 6.42 Å². The Morgan fingerprint density at radius 3 is 2.17 bits per heavy atom. The van der Waals surface area contributed by atoms with E-state index in [-0.39, 0.29) is 21.1 Å². The Hall–Kier alpha value is 0.648. The van der Waals surface area contributed by atoms with E-state index in [0.29, 0.717) is 0 Å². The van der Waals surface area contributed by atoms with E-state index in [0.717, 1.165) is 13.0 Å². The van der Waals surface area contributed by atoms with Gasteiger partial charge >= 0.3 is 0 Å². The molecule has 0 spiro atoms. The molecule has 0 saturated carbocycles. The van der Waals surface area contributed by atoms with Crippen molar-refractivity contribution in [1.29, 1.82) is 0 Å². The molecule has 0 heterocycles. The standard InChI is InChI=1S/C4H9O.W/c1-3-4-5-2;/h1,3-4H2,2H3;/q-1;. The van der Waals surface area contributed by atoms with Crippen LogP contribution < -0.4 is 0 Å². The average molecular weight is 257 g/mol. The summed E-state index contributed by atoms with van der Waals surface area (Å²) in [5, 5.41) is 0. The largest absolute Gasteiger partial charge is 0.387 e. The fourth-order valence-electron chi connectivity index (χ4n) is 0.144. The van der Waals surface area contributed by atoms with Crippen molar-refractivity contribution < 1.29 is 25.8 Å². The predicted molar refractivity (Wildman–Crippen MR) is 21.8 cm³/mol. The predicted octanol–water partition coefficient (Wildman–Crippen LogP) is 0.854. The van der Waals surface area contributed by atoms with Crippen molar-refractivity contribution in [3.8, 4) is 0 Å². The van der Waals surface area contributed by atoms with E-state index in [1.807, 2.05) is 0 Å². The van der Waals surface area contributed by atoms with Gasteiger partial charge in [0.2, 0.25) is 0 Å². The Morgan fingerprint density at radius 2 is 2.17 bits per heavy atom. The molecule has 0 rings (SSSR count). The normalized spacial score (nSPS) is 7.00. The van der Waals surface area contributed by atoms with E-state index in [1.165, 1.54) is 0 Å². The fraction of sp³-hybridized carbons (Fsp3) is 0.750. The van der Waals surface area contributed by atoms with Crippen molar-refractivity contribution in [3.05, 3.63) is 6.92 Å². The minimum absolute atomic E-state index is 0. The van der Waals surface area contributed by atoms with Gasteiger partial charge in [0, 0.05) is 34.8 Å². The fourth-order valence-corrected chi connectivity index (χ4v) is 0.144. The summed E-state index contributed by atoms with van der Waals surface area (Å²) in [6, 6.07) is 0. The number of rotatable bonds is 2. The van der Waals surface area contributed by atoms with Gasteiger partial charge in [-0.05, 0) is 0 Å². The molecule has 6 heavy (non-hydrogen) atoms. The van der Waals surface area contributed by atoms with Gasteiger partial charge in [0.25, 0.3) is 0 Å². The van der Waals surface area contributed by atoms with Gasteiger partial charge in [-0.25, -0.2) is 0 Å². The molecule has 0 aromatic rings. The Balaban J connectivity index is 0. The zero-order valence-electron chi connectivity index (χ0n) is 3.94. The molecule has 0 N–H and O–H groups in total. The molecule has 0 radical (unpaired) electrons. The summed E-state index contributed by atoms with van der Waals surface area (Å²) in [7, 11) is 1.67. The SMILES string of the molecule is [CH2-]CCOC.[W]. The Labute approximate surface area is 53.3 Å². The molecule has 0 amide bonds. The molecule has 38 valence electrons. The van der Waals surface area contributed by atoms with Crippen molar-refractivity contribution in [2.24, 2.45) is 0 Å². The molecule has 0 aliphatic heterocycles. The molecule has 1 nitrogen and oxygen atoms in total. The van der Waals surface area contributed by atoms with Crippen LogP contribution in [-0.2, 0) is 25.8 Å². The molecule has 0 unspecified atom stereocenters. The van der Waals surface area contributed by atoms with Gasteiger partial charge in [0.15, 0.2) is 0 Å². The van der Waals surface area contributed by atoms with Crippen molar-refractivity contribution in [2.75, 3.05) is 13.7 Å². The molecule has 2 heteroatoms. The maximum absolute atomic E-state index is 4.63. The van der Waals surface area contributed by atoms with Crippen LogP contribution in [0.2, 0.25) is 0 Å². The van der Waals surface area contributed by atoms with Crippen LogP contribution in [0.3, 0.4) is 0 Å². The summed E-state index contributed by atoms with van der Waals surface area (Å²) in [5.41, 5.74) is 0. The molecular formula is C4H9OW-. The zero-order valence-corrected chi connectivity index (χ0v) is 6.87. The quantitative estimate of drug-likeness (QED) is 0.666. The van der Waals surface area contributed by atoms with Gasteiger partial charge in [0.1, 0.15) is 0 Å². The molecular weight excluding hydrogens is 248 g/mol. The number of hydrogen-bond donors (Lipinski definition) is 0. The number of hydrogen-bond acceptors (Lipinski definition) is 1. The van der Waals surface area contributed by atoms with E-state index < -0.39 is 0 Å². The second-order valence-corrected chi connectivity index (χ2v) is 0.846. The summed E-state index contributed by atoms with van der Waals surface area (Å²) in [6.07, 6.45) is 0.872. The summed E-state index contributed by atoms with van der Waals surface area (Å²) in [5.74, 6) is 0. The molecule has 0 saturated heterocycles. The maximum atomic E-state index is 4.63. The van der Waals surface area contributed by atoms with Gasteiger partial charge in [-0.3, -0.25) is 0 Å². The average Bonchev–Trinajstić information content (AvgIpc) is 1.41. The van der Waals surface area contributed by atoms with Gasteiger partial charge in [-0.1, -0.05) is 0 Å². The topological polar surface area (TPSA) is 9.23 Å². The summed E-state index contributed by atoms with van der Waals surface area (Å²) in [4.78, 5) is 0. The summed E-state index contributed by atoms with van der Waals surface area (Å²) >= 11 is 0. The van der Waals surface area contributed by atoms with Crippen LogP contribution in [0.15, 0.2) is 0 Å². The number of ether oxygens (including phenoxy) is 1. The minimum atomic E-state index is 0. The van der Waals surface area contributed by atoms with Crippen LogP contribution in [0.1, 0.15) is 6.42 Å². The van der Waals surface area contributed by atoms with E-state index in [4.69, 9.17) is 0 Å². The van der Waals surface area contributed by atoms with Crippen molar-refractivity contribution >= 4 is 0 Å². The first-order valence-corrected chi connectivity index (χ1v) is 1.70. The monoisotopic (exact) mass is 257 g/mol. The van der Waals surface area contributed by atoms with Crippen molar-refractivity contribution in [1.82, 2.24) is 0 Å². The molecule has 0 aliphatic carbocycles. The van der Waals surface area contributed by atoms with Gasteiger partial charge < -0.3 is 11.7 Å². The van der Waals surface area contributed by atoms with E-state index in [9.17, 15) is 0 Å². The second kappa shape index (κ2) is 9.17. The van der Waals surface area contributed by atoms with E-state index in [2.05, 4.69) is 11.7 Å². The number of methoxy groups -OCH3 is 1. The molecule has 0 fully saturated rings. The van der Waals surface area contributed by atoms with Gasteiger partial charge in [0.05, 0.1) is 0 Å². The summed E-state index contributed by atoms with van der Waals surface area (Å²) in [6.45, 7) is 4.33. The third kappa shape index (κ3) is 8.82. The Bertz CT molecular complexity index is 15.0. The summed E-state index contributed by atoms with van der Waals surface area (Å²) < 4.78 is 4.63. The smallest absolute Gasteiger partial charge is 0.0353 e. The first kappa shape index (κ1) is 9.82.